The Morgan fingerprint density at radius 3 is 2.64 bits per heavy atom. The number of anilines is 1. The largest absolute Gasteiger partial charge is 0.472 e. The van der Waals surface area contributed by atoms with Gasteiger partial charge in [0, 0.05) is 45.6 Å². The van der Waals surface area contributed by atoms with Gasteiger partial charge in [-0.1, -0.05) is 12.1 Å². The number of pyridine rings is 1. The highest BCUT2D eigenvalue weighted by atomic mass is 16.5. The van der Waals surface area contributed by atoms with Crippen molar-refractivity contribution >= 4 is 5.82 Å². The summed E-state index contributed by atoms with van der Waals surface area (Å²) in [5.74, 6) is 1.36. The number of hydrogen-bond donors (Lipinski definition) is 0. The maximum atomic E-state index is 6.06. The van der Waals surface area contributed by atoms with Crippen molar-refractivity contribution in [2.75, 3.05) is 32.6 Å². The van der Waals surface area contributed by atoms with E-state index in [9.17, 15) is 0 Å². The summed E-state index contributed by atoms with van der Waals surface area (Å²) in [6.07, 6.45) is 7.40. The lowest BCUT2D eigenvalue weighted by molar-refractivity contribution is 0.131. The molecule has 2 aromatic rings. The predicted molar refractivity (Wildman–Crippen MR) is 101 cm³/mol. The molecule has 2 heterocycles. The maximum absolute atomic E-state index is 6.06. The lowest BCUT2D eigenvalue weighted by Gasteiger charge is -2.24. The minimum absolute atomic E-state index is 0.0270. The molecule has 0 aromatic carbocycles. The van der Waals surface area contributed by atoms with Gasteiger partial charge in [-0.05, 0) is 37.6 Å². The Morgan fingerprint density at radius 2 is 2.04 bits per heavy atom. The fourth-order valence-electron chi connectivity index (χ4n) is 2.49. The summed E-state index contributed by atoms with van der Waals surface area (Å²) in [6.45, 7) is 5.42. The van der Waals surface area contributed by atoms with Crippen LogP contribution in [0.25, 0.3) is 0 Å². The molecule has 0 bridgehead atoms. The van der Waals surface area contributed by atoms with Crippen LogP contribution in [0.5, 0.6) is 5.88 Å². The minimum atomic E-state index is 0.0270. The molecule has 0 saturated carbocycles. The summed E-state index contributed by atoms with van der Waals surface area (Å²) in [7, 11) is 5.95. The summed E-state index contributed by atoms with van der Waals surface area (Å²) in [4.78, 5) is 8.30. The third kappa shape index (κ3) is 6.51. The topological polar surface area (TPSA) is 54.4 Å². The van der Waals surface area contributed by atoms with Crippen molar-refractivity contribution in [3.63, 3.8) is 0 Å². The third-order valence-electron chi connectivity index (χ3n) is 3.75. The first-order valence-corrected chi connectivity index (χ1v) is 8.44. The zero-order chi connectivity index (χ0) is 18.1. The van der Waals surface area contributed by atoms with E-state index in [1.807, 2.05) is 49.5 Å². The van der Waals surface area contributed by atoms with Crippen molar-refractivity contribution in [3.05, 3.63) is 54.9 Å². The van der Waals surface area contributed by atoms with Gasteiger partial charge in [0.05, 0.1) is 0 Å². The van der Waals surface area contributed by atoms with Gasteiger partial charge >= 0.3 is 0 Å². The minimum Gasteiger partial charge on any atom is -0.472 e. The van der Waals surface area contributed by atoms with E-state index in [-0.39, 0.29) is 6.10 Å². The van der Waals surface area contributed by atoms with Gasteiger partial charge in [0.2, 0.25) is 5.88 Å². The van der Waals surface area contributed by atoms with Crippen LogP contribution in [-0.4, -0.2) is 53.9 Å². The molecule has 0 aliphatic heterocycles. The number of rotatable bonds is 10. The fraction of sp³-hybridized carbons (Fsp3) is 0.421. The Balaban J connectivity index is 1.96. The summed E-state index contributed by atoms with van der Waals surface area (Å²) >= 11 is 0. The highest BCUT2D eigenvalue weighted by Crippen LogP contribution is 2.15. The van der Waals surface area contributed by atoms with Crippen LogP contribution in [0.2, 0.25) is 0 Å². The average Bonchev–Trinajstić information content (AvgIpc) is 2.61. The summed E-state index contributed by atoms with van der Waals surface area (Å²) in [5, 5.41) is 8.34. The fourth-order valence-corrected chi connectivity index (χ4v) is 2.49. The third-order valence-corrected chi connectivity index (χ3v) is 3.75. The Hall–Kier alpha value is -2.47. The van der Waals surface area contributed by atoms with Crippen LogP contribution < -0.4 is 9.64 Å². The smallest absolute Gasteiger partial charge is 0.233 e. The van der Waals surface area contributed by atoms with Crippen LogP contribution in [0.3, 0.4) is 0 Å². The molecule has 0 unspecified atom stereocenters. The second kappa shape index (κ2) is 9.74. The molecule has 25 heavy (non-hydrogen) atoms. The number of ether oxygens (including phenoxy) is 1. The van der Waals surface area contributed by atoms with Crippen molar-refractivity contribution in [1.29, 1.82) is 0 Å². The molecule has 0 N–H and O–H groups in total. The summed E-state index contributed by atoms with van der Waals surface area (Å²) in [6, 6.07) is 7.81. The van der Waals surface area contributed by atoms with Crippen molar-refractivity contribution < 1.29 is 4.74 Å². The van der Waals surface area contributed by atoms with Gasteiger partial charge in [0.15, 0.2) is 5.82 Å². The van der Waals surface area contributed by atoms with Crippen molar-refractivity contribution in [1.82, 2.24) is 20.1 Å². The number of likely N-dealkylation sites (N-methyl/N-ethyl adjacent to an activating group) is 1. The predicted octanol–water partition coefficient (Wildman–Crippen LogP) is 2.78. The van der Waals surface area contributed by atoms with Crippen LogP contribution >= 0.6 is 0 Å². The molecule has 6 heteroatoms. The number of allylic oxidation sites excluding steroid dienone is 1. The number of aromatic nitrogens is 3. The molecular weight excluding hydrogens is 314 g/mol. The van der Waals surface area contributed by atoms with Crippen LogP contribution in [0.1, 0.15) is 18.4 Å². The van der Waals surface area contributed by atoms with Gasteiger partial charge in [-0.3, -0.25) is 9.88 Å². The van der Waals surface area contributed by atoms with E-state index in [0.29, 0.717) is 5.88 Å². The SMILES string of the molecule is C=CCC[C@H](CN(C)Cc1cccnc1)Oc1ccc(N(C)C)nn1. The molecule has 0 amide bonds. The van der Waals surface area contributed by atoms with E-state index in [4.69, 9.17) is 4.74 Å². The Morgan fingerprint density at radius 1 is 1.20 bits per heavy atom. The zero-order valence-electron chi connectivity index (χ0n) is 15.3. The molecule has 0 aliphatic carbocycles. The highest BCUT2D eigenvalue weighted by molar-refractivity contribution is 5.35. The van der Waals surface area contributed by atoms with Gasteiger partial charge in [0.25, 0.3) is 0 Å². The maximum Gasteiger partial charge on any atom is 0.233 e. The number of hydrogen-bond acceptors (Lipinski definition) is 6. The van der Waals surface area contributed by atoms with Crippen LogP contribution in [-0.2, 0) is 6.54 Å². The van der Waals surface area contributed by atoms with Crippen LogP contribution in [0.15, 0.2) is 49.3 Å². The molecular formula is C19H27N5O. The Kier molecular flexibility index (Phi) is 7.35. The van der Waals surface area contributed by atoms with E-state index in [2.05, 4.69) is 39.8 Å². The van der Waals surface area contributed by atoms with E-state index < -0.39 is 0 Å². The average molecular weight is 341 g/mol. The van der Waals surface area contributed by atoms with Crippen molar-refractivity contribution in [2.45, 2.75) is 25.5 Å². The lowest BCUT2D eigenvalue weighted by Crippen LogP contribution is -2.33. The normalized spacial score (nSPS) is 12.0. The highest BCUT2D eigenvalue weighted by Gasteiger charge is 2.14. The number of nitrogens with zero attached hydrogens (tertiary/aromatic N) is 5. The quantitative estimate of drug-likeness (QED) is 0.620. The lowest BCUT2D eigenvalue weighted by atomic mass is 10.1. The van der Waals surface area contributed by atoms with E-state index in [1.165, 1.54) is 5.56 Å². The second-order valence-electron chi connectivity index (χ2n) is 6.29. The first-order chi connectivity index (χ1) is 12.1. The van der Waals surface area contributed by atoms with Crippen molar-refractivity contribution in [2.24, 2.45) is 0 Å². The van der Waals surface area contributed by atoms with Crippen LogP contribution in [0.4, 0.5) is 5.82 Å². The molecule has 0 fully saturated rings. The Bertz CT molecular complexity index is 630. The molecule has 0 aliphatic rings. The Labute approximate surface area is 150 Å². The van der Waals surface area contributed by atoms with Gasteiger partial charge in [-0.15, -0.1) is 16.8 Å². The summed E-state index contributed by atoms with van der Waals surface area (Å²) in [5.41, 5.74) is 1.18. The molecule has 0 radical (unpaired) electrons. The monoisotopic (exact) mass is 341 g/mol. The van der Waals surface area contributed by atoms with Gasteiger partial charge < -0.3 is 9.64 Å². The van der Waals surface area contributed by atoms with E-state index in [1.54, 1.807) is 6.20 Å². The first-order valence-electron chi connectivity index (χ1n) is 8.44. The molecule has 2 aromatic heterocycles. The van der Waals surface area contributed by atoms with Crippen LogP contribution in [0, 0.1) is 0 Å². The molecule has 2 rings (SSSR count). The molecule has 1 atom stereocenters. The van der Waals surface area contributed by atoms with E-state index in [0.717, 1.165) is 31.7 Å². The van der Waals surface area contributed by atoms with Gasteiger partial charge in [-0.2, -0.15) is 0 Å². The zero-order valence-corrected chi connectivity index (χ0v) is 15.3. The summed E-state index contributed by atoms with van der Waals surface area (Å²) < 4.78 is 6.06. The standard InChI is InChI=1S/C19H27N5O/c1-5-6-9-17(15-24(4)14-16-8-7-12-20-13-16)25-19-11-10-18(21-22-19)23(2)3/h5,7-8,10-13,17H,1,6,9,14-15H2,2-4H3/t17-/m1/s1. The van der Waals surface area contributed by atoms with Gasteiger partial charge in [-0.25, -0.2) is 0 Å². The molecule has 0 spiro atoms. The second-order valence-corrected chi connectivity index (χ2v) is 6.29. The van der Waals surface area contributed by atoms with Crippen molar-refractivity contribution in [3.8, 4) is 5.88 Å². The molecule has 6 nitrogen and oxygen atoms in total. The molecule has 134 valence electrons. The molecule has 0 saturated heterocycles. The van der Waals surface area contributed by atoms with E-state index >= 15 is 0 Å². The van der Waals surface area contributed by atoms with Gasteiger partial charge in [0.1, 0.15) is 6.10 Å². The first kappa shape index (κ1) is 18.9.